The van der Waals surface area contributed by atoms with Crippen molar-refractivity contribution in [3.05, 3.63) is 11.6 Å². The van der Waals surface area contributed by atoms with Crippen molar-refractivity contribution in [1.29, 1.82) is 0 Å². The molecule has 0 spiro atoms. The zero-order valence-corrected chi connectivity index (χ0v) is 23.9. The van der Waals surface area contributed by atoms with Crippen molar-refractivity contribution in [2.24, 2.45) is 56.7 Å². The van der Waals surface area contributed by atoms with Gasteiger partial charge in [0.05, 0.1) is 0 Å². The molecule has 10 atom stereocenters. The zero-order valence-electron chi connectivity index (χ0n) is 23.9. The molecule has 0 radical (unpaired) electrons. The van der Waals surface area contributed by atoms with E-state index in [0.717, 1.165) is 32.1 Å². The zero-order chi connectivity index (χ0) is 25.8. The number of hydrogen-bond donors (Lipinski definition) is 0. The minimum Gasteiger partial charge on any atom is -0.462 e. The van der Waals surface area contributed by atoms with Gasteiger partial charge in [-0.3, -0.25) is 9.59 Å². The molecule has 5 aliphatic carbocycles. The van der Waals surface area contributed by atoms with E-state index in [2.05, 4.69) is 61.5 Å². The van der Waals surface area contributed by atoms with Gasteiger partial charge in [-0.25, -0.2) is 0 Å². The molecule has 35 heavy (non-hydrogen) atoms. The summed E-state index contributed by atoms with van der Waals surface area (Å²) < 4.78 is 5.87. The number of allylic oxidation sites excluding steroid dienone is 2. The van der Waals surface area contributed by atoms with Gasteiger partial charge >= 0.3 is 5.97 Å². The van der Waals surface area contributed by atoms with E-state index in [1.807, 2.05) is 0 Å². The Bertz CT molecular complexity index is 962. The van der Waals surface area contributed by atoms with Crippen molar-refractivity contribution >= 4 is 11.8 Å². The monoisotopic (exact) mass is 482 g/mol. The van der Waals surface area contributed by atoms with Crippen molar-refractivity contribution in [3.63, 3.8) is 0 Å². The Morgan fingerprint density at radius 2 is 1.43 bits per heavy atom. The number of ether oxygens (including phenoxy) is 1. The van der Waals surface area contributed by atoms with Crippen LogP contribution < -0.4 is 0 Å². The molecule has 196 valence electrons. The van der Waals surface area contributed by atoms with Crippen LogP contribution in [0.15, 0.2) is 11.6 Å². The van der Waals surface area contributed by atoms with E-state index >= 15 is 0 Å². The molecule has 0 aromatic rings. The predicted molar refractivity (Wildman–Crippen MR) is 141 cm³/mol. The van der Waals surface area contributed by atoms with Crippen LogP contribution in [-0.2, 0) is 14.3 Å². The summed E-state index contributed by atoms with van der Waals surface area (Å²) >= 11 is 0. The summed E-state index contributed by atoms with van der Waals surface area (Å²) in [5.74, 6) is 3.11. The Labute approximate surface area is 214 Å². The standard InChI is InChI=1S/C32H50O3/c1-19-10-14-32(9)25(34)18-24-30(7)15-11-22-28(4,5)26(35-21(3)33)13-17-29(22,6)23(30)12-16-31(24,8)27(32)20(19)2/h18-20,22-23,26-27H,10-17H2,1-9H3/t19-,20?,22+,23?,26?,27?,29+,30-,31+,32-/m1/s1. The first kappa shape index (κ1) is 25.5. The number of rotatable bonds is 1. The van der Waals surface area contributed by atoms with E-state index in [0.29, 0.717) is 35.4 Å². The highest BCUT2D eigenvalue weighted by Gasteiger charge is 2.68. The van der Waals surface area contributed by atoms with Gasteiger partial charge in [0.1, 0.15) is 6.10 Å². The molecule has 0 saturated heterocycles. The quantitative estimate of drug-likeness (QED) is 0.358. The fourth-order valence-corrected chi connectivity index (χ4v) is 11.5. The number of hydrogen-bond acceptors (Lipinski definition) is 3. The first-order valence-corrected chi connectivity index (χ1v) is 14.6. The van der Waals surface area contributed by atoms with Crippen LogP contribution >= 0.6 is 0 Å². The summed E-state index contributed by atoms with van der Waals surface area (Å²) in [5, 5.41) is 0. The van der Waals surface area contributed by atoms with Crippen LogP contribution in [-0.4, -0.2) is 17.9 Å². The van der Waals surface area contributed by atoms with Gasteiger partial charge in [0.25, 0.3) is 0 Å². The number of carbonyl (C=O) groups excluding carboxylic acids is 2. The lowest BCUT2D eigenvalue weighted by Gasteiger charge is -2.70. The molecule has 4 fully saturated rings. The molecule has 4 saturated carbocycles. The van der Waals surface area contributed by atoms with Crippen LogP contribution in [0.5, 0.6) is 0 Å². The van der Waals surface area contributed by atoms with Gasteiger partial charge in [-0.05, 0) is 103 Å². The Kier molecular flexibility index (Phi) is 5.62. The number of ketones is 1. The molecule has 0 amide bonds. The lowest BCUT2D eigenvalue weighted by atomic mass is 9.34. The normalized spacial score (nSPS) is 52.8. The molecular weight excluding hydrogens is 432 g/mol. The Morgan fingerprint density at radius 1 is 0.829 bits per heavy atom. The largest absolute Gasteiger partial charge is 0.462 e. The molecule has 5 aliphatic rings. The number of fused-ring (bicyclic) bond motifs is 7. The Balaban J connectivity index is 1.56. The molecule has 3 nitrogen and oxygen atoms in total. The molecule has 3 heteroatoms. The average molecular weight is 483 g/mol. The minimum atomic E-state index is -0.196. The lowest BCUT2D eigenvalue weighted by Crippen LogP contribution is -2.64. The van der Waals surface area contributed by atoms with E-state index in [1.165, 1.54) is 24.8 Å². The average Bonchev–Trinajstić information content (AvgIpc) is 2.74. The molecule has 0 heterocycles. The van der Waals surface area contributed by atoms with Crippen LogP contribution in [0.4, 0.5) is 0 Å². The highest BCUT2D eigenvalue weighted by Crippen LogP contribution is 2.74. The van der Waals surface area contributed by atoms with Crippen LogP contribution in [0.1, 0.15) is 114 Å². The maximum Gasteiger partial charge on any atom is 0.302 e. The third kappa shape index (κ3) is 3.21. The second-order valence-electron chi connectivity index (χ2n) is 15.2. The maximum absolute atomic E-state index is 13.9. The van der Waals surface area contributed by atoms with E-state index in [-0.39, 0.29) is 39.1 Å². The topological polar surface area (TPSA) is 43.4 Å². The molecule has 0 bridgehead atoms. The molecule has 0 aliphatic heterocycles. The molecular formula is C32H50O3. The minimum absolute atomic E-state index is 0.0112. The fourth-order valence-electron chi connectivity index (χ4n) is 11.5. The van der Waals surface area contributed by atoms with Gasteiger partial charge in [-0.2, -0.15) is 0 Å². The Morgan fingerprint density at radius 3 is 2.09 bits per heavy atom. The fraction of sp³-hybridized carbons (Fsp3) is 0.875. The van der Waals surface area contributed by atoms with Gasteiger partial charge < -0.3 is 4.74 Å². The predicted octanol–water partition coefficient (Wildman–Crippen LogP) is 7.77. The van der Waals surface area contributed by atoms with Crippen molar-refractivity contribution in [2.45, 2.75) is 120 Å². The third-order valence-corrected chi connectivity index (χ3v) is 13.2. The molecule has 4 unspecified atom stereocenters. The number of esters is 1. The summed E-state index contributed by atoms with van der Waals surface area (Å²) in [6.45, 7) is 21.0. The van der Waals surface area contributed by atoms with Crippen molar-refractivity contribution in [3.8, 4) is 0 Å². The first-order chi connectivity index (χ1) is 16.1. The van der Waals surface area contributed by atoms with Gasteiger partial charge in [-0.15, -0.1) is 0 Å². The molecule has 0 aromatic carbocycles. The van der Waals surface area contributed by atoms with Gasteiger partial charge in [0, 0.05) is 17.8 Å². The Hall–Kier alpha value is -1.12. The SMILES string of the molecule is CC(=O)OC1CC[C@]2(C)C3CC[C@@]4(C)C(=CC(=O)[C@@]5(C)CC[C@@H](C)C(C)C45)[C@]3(C)CC[C@H]2C1(C)C. The summed E-state index contributed by atoms with van der Waals surface area (Å²) in [6, 6.07) is 0. The van der Waals surface area contributed by atoms with Crippen molar-refractivity contribution in [1.82, 2.24) is 0 Å². The van der Waals surface area contributed by atoms with Crippen molar-refractivity contribution < 1.29 is 14.3 Å². The summed E-state index contributed by atoms with van der Waals surface area (Å²) in [6.07, 6.45) is 11.3. The van der Waals surface area contributed by atoms with Gasteiger partial charge in [-0.1, -0.05) is 61.0 Å². The summed E-state index contributed by atoms with van der Waals surface area (Å²) in [5.41, 5.74) is 1.71. The van der Waals surface area contributed by atoms with Gasteiger partial charge in [0.2, 0.25) is 0 Å². The molecule has 0 N–H and O–H groups in total. The second-order valence-corrected chi connectivity index (χ2v) is 15.2. The van der Waals surface area contributed by atoms with E-state index in [1.54, 1.807) is 6.92 Å². The van der Waals surface area contributed by atoms with Crippen molar-refractivity contribution in [2.75, 3.05) is 0 Å². The van der Waals surface area contributed by atoms with E-state index < -0.39 is 0 Å². The van der Waals surface area contributed by atoms with Crippen LogP contribution in [0.3, 0.4) is 0 Å². The highest BCUT2D eigenvalue weighted by atomic mass is 16.5. The number of carbonyl (C=O) groups is 2. The van der Waals surface area contributed by atoms with E-state index in [9.17, 15) is 9.59 Å². The van der Waals surface area contributed by atoms with Crippen LogP contribution in [0.2, 0.25) is 0 Å². The smallest absolute Gasteiger partial charge is 0.302 e. The van der Waals surface area contributed by atoms with Gasteiger partial charge in [0.15, 0.2) is 5.78 Å². The second kappa shape index (κ2) is 7.70. The first-order valence-electron chi connectivity index (χ1n) is 14.6. The highest BCUT2D eigenvalue weighted by molar-refractivity contribution is 5.97. The third-order valence-electron chi connectivity index (χ3n) is 13.2. The molecule has 5 rings (SSSR count). The summed E-state index contributed by atoms with van der Waals surface area (Å²) in [7, 11) is 0. The molecule has 0 aromatic heterocycles. The van der Waals surface area contributed by atoms with E-state index in [4.69, 9.17) is 4.74 Å². The van der Waals surface area contributed by atoms with Crippen LogP contribution in [0, 0.1) is 56.7 Å². The van der Waals surface area contributed by atoms with Crippen LogP contribution in [0.25, 0.3) is 0 Å². The summed E-state index contributed by atoms with van der Waals surface area (Å²) in [4.78, 5) is 25.8. The lowest BCUT2D eigenvalue weighted by molar-refractivity contribution is -0.199. The maximum atomic E-state index is 13.9.